The van der Waals surface area contributed by atoms with Gasteiger partial charge in [-0.1, -0.05) is 24.3 Å². The number of nitrogens with zero attached hydrogens (tertiary/aromatic N) is 1. The number of carbonyl (C=O) groups is 3. The molecule has 1 aliphatic rings. The first kappa shape index (κ1) is 27.3. The van der Waals surface area contributed by atoms with Crippen molar-refractivity contribution in [3.05, 3.63) is 87.7 Å². The van der Waals surface area contributed by atoms with Gasteiger partial charge in [0, 0.05) is 18.8 Å². The Labute approximate surface area is 221 Å². The number of aryl methyl sites for hydroxylation is 1. The van der Waals surface area contributed by atoms with Crippen LogP contribution < -0.4 is 0 Å². The van der Waals surface area contributed by atoms with E-state index in [2.05, 4.69) is 4.98 Å². The molecule has 4 rings (SSSR count). The minimum Gasteiger partial charge on any atom is -0.462 e. The van der Waals surface area contributed by atoms with Crippen LogP contribution in [-0.2, 0) is 32.5 Å². The molecule has 0 fully saturated rings. The number of aromatic nitrogens is 1. The summed E-state index contributed by atoms with van der Waals surface area (Å²) in [4.78, 5) is 40.9. The highest BCUT2D eigenvalue weighted by Gasteiger charge is 2.30. The normalized spacial score (nSPS) is 14.4. The SMILES string of the molecule is CCOC(=O)c1c(C)[nH]c(C(=O)[C@@H](C)OC(=O)c2ccc(S(=O)(=O)N3CCc4ccccc4C3)cc2)c1C. The monoisotopic (exact) mass is 538 g/mol. The van der Waals surface area contributed by atoms with Crippen molar-refractivity contribution < 1.29 is 32.3 Å². The van der Waals surface area contributed by atoms with Gasteiger partial charge < -0.3 is 14.5 Å². The highest BCUT2D eigenvalue weighted by molar-refractivity contribution is 7.89. The van der Waals surface area contributed by atoms with Gasteiger partial charge in [-0.2, -0.15) is 4.31 Å². The number of Topliss-reactive ketones (excluding diaryl/α,β-unsaturated/α-hetero) is 1. The van der Waals surface area contributed by atoms with Crippen LogP contribution in [0.1, 0.15) is 67.4 Å². The van der Waals surface area contributed by atoms with Crippen LogP contribution in [0.25, 0.3) is 0 Å². The quantitative estimate of drug-likeness (QED) is 0.340. The molecule has 0 saturated heterocycles. The Bertz CT molecular complexity index is 1490. The first-order valence-electron chi connectivity index (χ1n) is 12.3. The van der Waals surface area contributed by atoms with Gasteiger partial charge in [-0.05, 0) is 75.1 Å². The first-order valence-corrected chi connectivity index (χ1v) is 13.8. The van der Waals surface area contributed by atoms with Gasteiger partial charge in [-0.25, -0.2) is 18.0 Å². The first-order chi connectivity index (χ1) is 18.0. The number of hydrogen-bond donors (Lipinski definition) is 1. The zero-order valence-electron chi connectivity index (χ0n) is 21.7. The Balaban J connectivity index is 1.44. The summed E-state index contributed by atoms with van der Waals surface area (Å²) in [5.41, 5.74) is 3.57. The third kappa shape index (κ3) is 5.27. The fraction of sp³-hybridized carbons (Fsp3) is 0.321. The van der Waals surface area contributed by atoms with Crippen LogP contribution in [0, 0.1) is 13.8 Å². The number of hydrogen-bond acceptors (Lipinski definition) is 7. The highest BCUT2D eigenvalue weighted by Crippen LogP contribution is 2.26. The summed E-state index contributed by atoms with van der Waals surface area (Å²) >= 11 is 0. The van der Waals surface area contributed by atoms with Gasteiger partial charge in [0.25, 0.3) is 0 Å². The average Bonchev–Trinajstić information content (AvgIpc) is 3.21. The molecule has 0 amide bonds. The van der Waals surface area contributed by atoms with Crippen LogP contribution >= 0.6 is 0 Å². The number of benzene rings is 2. The van der Waals surface area contributed by atoms with E-state index in [4.69, 9.17) is 9.47 Å². The average molecular weight is 539 g/mol. The van der Waals surface area contributed by atoms with Crippen molar-refractivity contribution in [2.45, 2.75) is 51.7 Å². The summed E-state index contributed by atoms with van der Waals surface area (Å²) in [7, 11) is -3.75. The molecule has 9 nitrogen and oxygen atoms in total. The van der Waals surface area contributed by atoms with Crippen LogP contribution in [0.4, 0.5) is 0 Å². The molecule has 1 N–H and O–H groups in total. The number of ether oxygens (including phenoxy) is 2. The summed E-state index contributed by atoms with van der Waals surface area (Å²) in [5, 5.41) is 0. The number of carbonyl (C=O) groups excluding carboxylic acids is 3. The topological polar surface area (TPSA) is 123 Å². The van der Waals surface area contributed by atoms with Crippen molar-refractivity contribution in [3.63, 3.8) is 0 Å². The molecule has 10 heteroatoms. The van der Waals surface area contributed by atoms with Crippen molar-refractivity contribution >= 4 is 27.7 Å². The second-order valence-corrected chi connectivity index (χ2v) is 11.1. The lowest BCUT2D eigenvalue weighted by Gasteiger charge is -2.28. The largest absolute Gasteiger partial charge is 0.462 e. The van der Waals surface area contributed by atoms with Gasteiger partial charge >= 0.3 is 11.9 Å². The van der Waals surface area contributed by atoms with Crippen LogP contribution in [0.2, 0.25) is 0 Å². The Kier molecular flexibility index (Phi) is 7.84. The summed E-state index contributed by atoms with van der Waals surface area (Å²) in [6.07, 6.45) is -0.515. The van der Waals surface area contributed by atoms with E-state index in [1.54, 1.807) is 20.8 Å². The molecule has 2 heterocycles. The molecule has 0 unspecified atom stereocenters. The molecule has 0 bridgehead atoms. The Morgan fingerprint density at radius 2 is 1.66 bits per heavy atom. The number of ketones is 1. The van der Waals surface area contributed by atoms with E-state index in [-0.39, 0.29) is 34.9 Å². The molecule has 3 aromatic rings. The number of H-pyrrole nitrogens is 1. The number of nitrogens with one attached hydrogen (secondary N) is 1. The fourth-order valence-corrected chi connectivity index (χ4v) is 6.00. The van der Waals surface area contributed by atoms with Crippen LogP contribution in [-0.4, -0.2) is 54.7 Å². The number of esters is 2. The minimum absolute atomic E-state index is 0.0709. The van der Waals surface area contributed by atoms with Gasteiger partial charge in [0.05, 0.1) is 28.3 Å². The Morgan fingerprint density at radius 3 is 2.32 bits per heavy atom. The van der Waals surface area contributed by atoms with E-state index < -0.39 is 33.8 Å². The summed E-state index contributed by atoms with van der Waals surface area (Å²) < 4.78 is 38.2. The lowest BCUT2D eigenvalue weighted by atomic mass is 10.0. The standard InChI is InChI=1S/C28H30N2O7S/c1-5-36-28(33)24-17(2)25(29-18(24)3)26(31)19(4)37-27(32)21-10-12-23(13-11-21)38(34,35)30-15-14-20-8-6-7-9-22(20)16-30/h6-13,19,29H,5,14-16H2,1-4H3/t19-/m1/s1. The van der Waals surface area contributed by atoms with Crippen LogP contribution in [0.15, 0.2) is 53.4 Å². The van der Waals surface area contributed by atoms with Crippen molar-refractivity contribution in [1.29, 1.82) is 0 Å². The van der Waals surface area contributed by atoms with E-state index >= 15 is 0 Å². The number of rotatable bonds is 8. The van der Waals surface area contributed by atoms with Crippen molar-refractivity contribution in [1.82, 2.24) is 9.29 Å². The molecule has 1 aliphatic heterocycles. The summed E-state index contributed by atoms with van der Waals surface area (Å²) in [6.45, 7) is 7.27. The molecular weight excluding hydrogens is 508 g/mol. The predicted molar refractivity (Wildman–Crippen MR) is 140 cm³/mol. The van der Waals surface area contributed by atoms with E-state index in [1.165, 1.54) is 35.5 Å². The van der Waals surface area contributed by atoms with Gasteiger partial charge in [0.1, 0.15) is 0 Å². The third-order valence-corrected chi connectivity index (χ3v) is 8.50. The number of aromatic amines is 1. The third-order valence-electron chi connectivity index (χ3n) is 6.64. The van der Waals surface area contributed by atoms with Gasteiger partial charge in [0.15, 0.2) is 6.10 Å². The van der Waals surface area contributed by atoms with Gasteiger partial charge in [-0.15, -0.1) is 0 Å². The van der Waals surface area contributed by atoms with E-state index in [9.17, 15) is 22.8 Å². The van der Waals surface area contributed by atoms with E-state index in [0.29, 0.717) is 24.2 Å². The second kappa shape index (κ2) is 10.9. The maximum atomic E-state index is 13.2. The maximum absolute atomic E-state index is 13.2. The molecule has 38 heavy (non-hydrogen) atoms. The van der Waals surface area contributed by atoms with Crippen molar-refractivity contribution in [2.24, 2.45) is 0 Å². The molecule has 1 atom stereocenters. The smallest absolute Gasteiger partial charge is 0.340 e. The van der Waals surface area contributed by atoms with Crippen molar-refractivity contribution in [2.75, 3.05) is 13.2 Å². The Morgan fingerprint density at radius 1 is 1.00 bits per heavy atom. The number of sulfonamides is 1. The van der Waals surface area contributed by atoms with Gasteiger partial charge in [0.2, 0.25) is 15.8 Å². The Hall–Kier alpha value is -3.76. The fourth-order valence-electron chi connectivity index (χ4n) is 4.58. The summed E-state index contributed by atoms with van der Waals surface area (Å²) in [5.74, 6) is -1.81. The molecule has 2 aromatic carbocycles. The van der Waals surface area contributed by atoms with Crippen molar-refractivity contribution in [3.8, 4) is 0 Å². The molecule has 0 saturated carbocycles. The zero-order valence-corrected chi connectivity index (χ0v) is 22.6. The van der Waals surface area contributed by atoms with Gasteiger partial charge in [-0.3, -0.25) is 4.79 Å². The molecular formula is C28H30N2O7S. The lowest BCUT2D eigenvalue weighted by molar-refractivity contribution is 0.0316. The minimum atomic E-state index is -3.75. The highest BCUT2D eigenvalue weighted by atomic mass is 32.2. The maximum Gasteiger partial charge on any atom is 0.340 e. The second-order valence-electron chi connectivity index (χ2n) is 9.14. The summed E-state index contributed by atoms with van der Waals surface area (Å²) in [6, 6.07) is 13.2. The zero-order chi connectivity index (χ0) is 27.6. The molecule has 1 aromatic heterocycles. The molecule has 200 valence electrons. The van der Waals surface area contributed by atoms with Crippen LogP contribution in [0.3, 0.4) is 0 Å². The molecule has 0 radical (unpaired) electrons. The van der Waals surface area contributed by atoms with E-state index in [0.717, 1.165) is 11.1 Å². The van der Waals surface area contributed by atoms with E-state index in [1.807, 2.05) is 24.3 Å². The molecule has 0 aliphatic carbocycles. The predicted octanol–water partition coefficient (Wildman–Crippen LogP) is 3.98. The molecule has 0 spiro atoms. The van der Waals surface area contributed by atoms with Crippen LogP contribution in [0.5, 0.6) is 0 Å². The lowest BCUT2D eigenvalue weighted by Crippen LogP contribution is -2.35. The number of fused-ring (bicyclic) bond motifs is 1.